The van der Waals surface area contributed by atoms with Gasteiger partial charge in [-0.05, 0) is 73.0 Å². The van der Waals surface area contributed by atoms with Crippen LogP contribution in [-0.4, -0.2) is 80.5 Å². The van der Waals surface area contributed by atoms with Gasteiger partial charge in [0.2, 0.25) is 5.91 Å². The van der Waals surface area contributed by atoms with Crippen molar-refractivity contribution in [3.05, 3.63) is 88.1 Å². The van der Waals surface area contributed by atoms with Gasteiger partial charge in [-0.2, -0.15) is 0 Å². The van der Waals surface area contributed by atoms with E-state index < -0.39 is 9.84 Å². The minimum Gasteiger partial charge on any atom is -0.338 e. The Balaban J connectivity index is 1.08. The van der Waals surface area contributed by atoms with Crippen LogP contribution in [0.25, 0.3) is 0 Å². The molecule has 0 radical (unpaired) electrons. The third-order valence-corrected chi connectivity index (χ3v) is 11.3. The minimum absolute atomic E-state index is 0.128. The molecule has 9 heteroatoms. The van der Waals surface area contributed by atoms with E-state index in [2.05, 4.69) is 29.2 Å². The van der Waals surface area contributed by atoms with E-state index in [0.29, 0.717) is 23.3 Å². The van der Waals surface area contributed by atoms with Crippen molar-refractivity contribution in [2.24, 2.45) is 11.3 Å². The molecule has 1 aromatic heterocycles. The fourth-order valence-electron chi connectivity index (χ4n) is 6.92. The molecule has 7 nitrogen and oxygen atoms in total. The van der Waals surface area contributed by atoms with Crippen LogP contribution < -0.4 is 0 Å². The van der Waals surface area contributed by atoms with Crippen LogP contribution in [0.1, 0.15) is 46.0 Å². The van der Waals surface area contributed by atoms with E-state index in [9.17, 15) is 18.0 Å². The largest absolute Gasteiger partial charge is 0.338 e. The van der Waals surface area contributed by atoms with E-state index in [1.807, 2.05) is 45.5 Å². The van der Waals surface area contributed by atoms with Gasteiger partial charge in [-0.15, -0.1) is 11.3 Å². The van der Waals surface area contributed by atoms with Crippen LogP contribution in [0.2, 0.25) is 0 Å². The monoisotopic (exact) mass is 591 g/mol. The summed E-state index contributed by atoms with van der Waals surface area (Å²) in [6.07, 6.45) is 3.80. The van der Waals surface area contributed by atoms with Crippen LogP contribution in [0.15, 0.2) is 77.0 Å². The molecule has 6 rings (SSSR count). The Kier molecular flexibility index (Phi) is 7.78. The summed E-state index contributed by atoms with van der Waals surface area (Å²) in [4.78, 5) is 34.4. The predicted molar refractivity (Wildman–Crippen MR) is 161 cm³/mol. The first-order valence-corrected chi connectivity index (χ1v) is 17.2. The summed E-state index contributed by atoms with van der Waals surface area (Å²) < 4.78 is 23.6. The summed E-state index contributed by atoms with van der Waals surface area (Å²) in [5, 5.41) is 1.96. The molecule has 4 heterocycles. The van der Waals surface area contributed by atoms with Crippen LogP contribution in [0, 0.1) is 11.3 Å². The van der Waals surface area contributed by atoms with Gasteiger partial charge in [0.15, 0.2) is 9.84 Å². The van der Waals surface area contributed by atoms with E-state index in [0.717, 1.165) is 69.0 Å². The highest BCUT2D eigenvalue weighted by atomic mass is 32.2. The first-order valence-electron chi connectivity index (χ1n) is 14.4. The van der Waals surface area contributed by atoms with E-state index >= 15 is 0 Å². The summed E-state index contributed by atoms with van der Waals surface area (Å²) in [7, 11) is -3.24. The van der Waals surface area contributed by atoms with Crippen LogP contribution >= 0.6 is 11.3 Å². The number of likely N-dealkylation sites (tertiary alicyclic amines) is 3. The maximum atomic E-state index is 13.6. The Morgan fingerprint density at radius 2 is 1.63 bits per heavy atom. The lowest BCUT2D eigenvalue weighted by molar-refractivity contribution is -0.139. The molecule has 2 atom stereocenters. The van der Waals surface area contributed by atoms with Gasteiger partial charge in [0.1, 0.15) is 0 Å². The number of hydrogen-bond donors (Lipinski definition) is 0. The summed E-state index contributed by atoms with van der Waals surface area (Å²) in [5.74, 6) is 1.01. The number of thiophene rings is 1. The number of rotatable bonds is 7. The molecule has 0 N–H and O–H groups in total. The molecule has 3 aliphatic rings. The summed E-state index contributed by atoms with van der Waals surface area (Å²) in [6.45, 7) is 5.45. The number of amides is 2. The summed E-state index contributed by atoms with van der Waals surface area (Å²) >= 11 is 1.50. The van der Waals surface area contributed by atoms with Gasteiger partial charge in [0.05, 0.1) is 15.2 Å². The van der Waals surface area contributed by atoms with Gasteiger partial charge in [0.25, 0.3) is 5.91 Å². The smallest absolute Gasteiger partial charge is 0.263 e. The topological polar surface area (TPSA) is 78.0 Å². The Morgan fingerprint density at radius 1 is 0.927 bits per heavy atom. The lowest BCUT2D eigenvalue weighted by Gasteiger charge is -2.39. The molecule has 2 amide bonds. The van der Waals surface area contributed by atoms with Gasteiger partial charge in [0, 0.05) is 44.9 Å². The predicted octanol–water partition coefficient (Wildman–Crippen LogP) is 4.52. The summed E-state index contributed by atoms with van der Waals surface area (Å²) in [5.41, 5.74) is 1.95. The molecule has 3 fully saturated rings. The highest BCUT2D eigenvalue weighted by Crippen LogP contribution is 2.43. The zero-order valence-corrected chi connectivity index (χ0v) is 25.1. The first-order chi connectivity index (χ1) is 19.7. The average Bonchev–Trinajstić information content (AvgIpc) is 3.72. The number of benzene rings is 2. The van der Waals surface area contributed by atoms with Gasteiger partial charge >= 0.3 is 0 Å². The van der Waals surface area contributed by atoms with Crippen molar-refractivity contribution in [2.75, 3.05) is 45.5 Å². The molecule has 0 saturated carbocycles. The third kappa shape index (κ3) is 5.85. The molecule has 2 unspecified atom stereocenters. The van der Waals surface area contributed by atoms with E-state index in [1.54, 1.807) is 12.1 Å². The lowest BCUT2D eigenvalue weighted by atomic mass is 9.76. The van der Waals surface area contributed by atoms with E-state index in [-0.39, 0.29) is 17.2 Å². The molecule has 0 aliphatic carbocycles. The van der Waals surface area contributed by atoms with E-state index in [1.165, 1.54) is 23.2 Å². The van der Waals surface area contributed by atoms with Crippen molar-refractivity contribution in [3.63, 3.8) is 0 Å². The number of piperidine rings is 1. The fourth-order valence-corrected chi connectivity index (χ4v) is 8.24. The Morgan fingerprint density at radius 3 is 2.29 bits per heavy atom. The normalized spacial score (nSPS) is 23.0. The third-order valence-electron chi connectivity index (χ3n) is 9.32. The van der Waals surface area contributed by atoms with Gasteiger partial charge in [-0.25, -0.2) is 8.42 Å². The second-order valence-electron chi connectivity index (χ2n) is 11.9. The Hall–Kier alpha value is -3.01. The standard InChI is InChI=1S/C32H37N3O4S2/c1-41(38,39)27-11-9-24(10-12-27)20-34-18-15-32(31(34)37)13-16-33(17-14-32)21-26-22-35(30(36)29-8-5-19-40-29)23-28(26)25-6-3-2-4-7-25/h2-12,19,26,28H,13-18,20-23H2,1H3. The number of carbonyl (C=O) groups excluding carboxylic acids is 2. The van der Waals surface area contributed by atoms with Gasteiger partial charge < -0.3 is 14.7 Å². The SMILES string of the molecule is CS(=O)(=O)c1ccc(CN2CCC3(CCN(CC4CN(C(=O)c5cccs5)CC4c4ccccc4)CC3)C2=O)cc1. The average molecular weight is 592 g/mol. The van der Waals surface area contributed by atoms with Crippen molar-refractivity contribution < 1.29 is 18.0 Å². The van der Waals surface area contributed by atoms with Crippen molar-refractivity contribution in [3.8, 4) is 0 Å². The zero-order valence-electron chi connectivity index (χ0n) is 23.4. The molecule has 3 saturated heterocycles. The van der Waals surface area contributed by atoms with Gasteiger partial charge in [-0.3, -0.25) is 9.59 Å². The maximum absolute atomic E-state index is 13.6. The first kappa shape index (κ1) is 28.1. The molecule has 3 aliphatic heterocycles. The van der Waals surface area contributed by atoms with Crippen LogP contribution in [0.3, 0.4) is 0 Å². The fraction of sp³-hybridized carbons (Fsp3) is 0.438. The van der Waals surface area contributed by atoms with Crippen molar-refractivity contribution in [2.45, 2.75) is 36.6 Å². The van der Waals surface area contributed by atoms with Crippen molar-refractivity contribution in [1.82, 2.24) is 14.7 Å². The summed E-state index contributed by atoms with van der Waals surface area (Å²) in [6, 6.07) is 21.3. The number of sulfone groups is 1. The quantitative estimate of drug-likeness (QED) is 0.404. The Labute approximate surface area is 246 Å². The van der Waals surface area contributed by atoms with E-state index in [4.69, 9.17) is 0 Å². The van der Waals surface area contributed by atoms with Crippen molar-refractivity contribution in [1.29, 1.82) is 0 Å². The molecule has 216 valence electrons. The second-order valence-corrected chi connectivity index (χ2v) is 14.9. The maximum Gasteiger partial charge on any atom is 0.263 e. The molecule has 3 aromatic rings. The molecule has 0 bridgehead atoms. The highest BCUT2D eigenvalue weighted by Gasteiger charge is 2.48. The highest BCUT2D eigenvalue weighted by molar-refractivity contribution is 7.90. The molecule has 2 aromatic carbocycles. The molecule has 1 spiro atoms. The Bertz CT molecular complexity index is 1480. The zero-order chi connectivity index (χ0) is 28.6. The van der Waals surface area contributed by atoms with Gasteiger partial charge in [-0.1, -0.05) is 48.5 Å². The molecule has 41 heavy (non-hydrogen) atoms. The van der Waals surface area contributed by atoms with Crippen molar-refractivity contribution >= 4 is 33.0 Å². The number of carbonyl (C=O) groups is 2. The van der Waals surface area contributed by atoms with Crippen LogP contribution in [0.4, 0.5) is 0 Å². The second kappa shape index (κ2) is 11.3. The number of nitrogens with zero attached hydrogens (tertiary/aromatic N) is 3. The molecular weight excluding hydrogens is 555 g/mol. The molecular formula is C32H37N3O4S2. The van der Waals surface area contributed by atoms with Crippen LogP contribution in [-0.2, 0) is 21.2 Å². The minimum atomic E-state index is -3.24. The van der Waals surface area contributed by atoms with Crippen LogP contribution in [0.5, 0.6) is 0 Å². The lowest BCUT2D eigenvalue weighted by Crippen LogP contribution is -2.46. The number of hydrogen-bond acceptors (Lipinski definition) is 6.